The van der Waals surface area contributed by atoms with E-state index in [0.29, 0.717) is 0 Å². The molecule has 0 unspecified atom stereocenters. The van der Waals surface area contributed by atoms with Crippen molar-refractivity contribution in [1.82, 2.24) is 10.9 Å². The molecule has 2 N–H and O–H groups in total. The SMILES string of the molecule is COC(=O)CC(=O)NNC(=O)COc1ccc([N+](=O)[O-])cc1. The fourth-order valence-electron chi connectivity index (χ4n) is 1.24. The third kappa shape index (κ3) is 5.86. The predicted octanol–water partition coefficient (Wildman–Crippen LogP) is -0.316. The van der Waals surface area contributed by atoms with Crippen LogP contribution in [0.1, 0.15) is 6.42 Å². The Morgan fingerprint density at radius 2 is 1.73 bits per heavy atom. The lowest BCUT2D eigenvalue weighted by Gasteiger charge is -2.08. The van der Waals surface area contributed by atoms with Gasteiger partial charge in [0, 0.05) is 12.1 Å². The Morgan fingerprint density at radius 3 is 2.27 bits per heavy atom. The summed E-state index contributed by atoms with van der Waals surface area (Å²) in [5, 5.41) is 10.5. The molecule has 0 aliphatic heterocycles. The minimum absolute atomic E-state index is 0.105. The summed E-state index contributed by atoms with van der Waals surface area (Å²) < 4.78 is 9.33. The van der Waals surface area contributed by atoms with Crippen molar-refractivity contribution < 1.29 is 28.8 Å². The Kier molecular flexibility index (Phi) is 6.29. The second kappa shape index (κ2) is 8.19. The molecule has 1 aromatic rings. The van der Waals surface area contributed by atoms with E-state index in [4.69, 9.17) is 4.74 Å². The molecule has 0 atom stereocenters. The summed E-state index contributed by atoms with van der Waals surface area (Å²) in [7, 11) is 1.13. The number of rotatable bonds is 6. The van der Waals surface area contributed by atoms with E-state index in [2.05, 4.69) is 4.74 Å². The Bertz CT molecular complexity index is 571. The molecule has 1 aromatic carbocycles. The molecule has 10 heteroatoms. The number of benzene rings is 1. The van der Waals surface area contributed by atoms with Crippen molar-refractivity contribution in [3.8, 4) is 5.75 Å². The summed E-state index contributed by atoms with van der Waals surface area (Å²) >= 11 is 0. The second-order valence-corrected chi connectivity index (χ2v) is 3.89. The van der Waals surface area contributed by atoms with Crippen LogP contribution in [0.15, 0.2) is 24.3 Å². The highest BCUT2D eigenvalue weighted by Crippen LogP contribution is 2.16. The molecule has 0 aliphatic carbocycles. The summed E-state index contributed by atoms with van der Waals surface area (Å²) in [5.41, 5.74) is 3.93. The standard InChI is InChI=1S/C12H13N3O7/c1-21-12(18)6-10(16)13-14-11(17)7-22-9-4-2-8(3-5-9)15(19)20/h2-5H,6-7H2,1H3,(H,13,16)(H,14,17). The fraction of sp³-hybridized carbons (Fsp3) is 0.250. The first kappa shape index (κ1) is 16.9. The first-order valence-corrected chi connectivity index (χ1v) is 5.94. The van der Waals surface area contributed by atoms with Crippen LogP contribution in [0.4, 0.5) is 5.69 Å². The zero-order valence-corrected chi connectivity index (χ0v) is 11.5. The van der Waals surface area contributed by atoms with Crippen molar-refractivity contribution in [3.05, 3.63) is 34.4 Å². The van der Waals surface area contributed by atoms with Gasteiger partial charge in [0.15, 0.2) is 6.61 Å². The van der Waals surface area contributed by atoms with E-state index in [1.54, 1.807) is 0 Å². The number of hydrogen-bond donors (Lipinski definition) is 2. The molecule has 0 aliphatic rings. The number of carbonyl (C=O) groups is 3. The molecule has 0 bridgehead atoms. The molecule has 0 fully saturated rings. The average molecular weight is 311 g/mol. The highest BCUT2D eigenvalue weighted by Gasteiger charge is 2.11. The number of nitrogens with one attached hydrogen (secondary N) is 2. The molecular formula is C12H13N3O7. The first-order valence-electron chi connectivity index (χ1n) is 5.94. The molecular weight excluding hydrogens is 298 g/mol. The first-order chi connectivity index (χ1) is 10.4. The number of hydrogen-bond acceptors (Lipinski definition) is 7. The molecule has 0 radical (unpaired) electrons. The van der Waals surface area contributed by atoms with Crippen molar-refractivity contribution in [3.63, 3.8) is 0 Å². The number of nitrogens with zero attached hydrogens (tertiary/aromatic N) is 1. The van der Waals surface area contributed by atoms with Crippen molar-refractivity contribution in [2.75, 3.05) is 13.7 Å². The zero-order chi connectivity index (χ0) is 16.5. The average Bonchev–Trinajstić information content (AvgIpc) is 2.51. The lowest BCUT2D eigenvalue weighted by atomic mass is 10.3. The Labute approximate surface area is 124 Å². The molecule has 0 heterocycles. The van der Waals surface area contributed by atoms with Crippen LogP contribution in [0.2, 0.25) is 0 Å². The van der Waals surface area contributed by atoms with Gasteiger partial charge < -0.3 is 9.47 Å². The quantitative estimate of drug-likeness (QED) is 0.318. The molecule has 0 spiro atoms. The van der Waals surface area contributed by atoms with Crippen LogP contribution < -0.4 is 15.6 Å². The number of nitro benzene ring substituents is 1. The molecule has 22 heavy (non-hydrogen) atoms. The Hall–Kier alpha value is -3.17. The number of methoxy groups -OCH3 is 1. The Balaban J connectivity index is 2.32. The molecule has 1 rings (SSSR count). The molecule has 10 nitrogen and oxygen atoms in total. The second-order valence-electron chi connectivity index (χ2n) is 3.89. The smallest absolute Gasteiger partial charge is 0.315 e. The lowest BCUT2D eigenvalue weighted by Crippen LogP contribution is -2.44. The van der Waals surface area contributed by atoms with E-state index >= 15 is 0 Å². The zero-order valence-electron chi connectivity index (χ0n) is 11.5. The largest absolute Gasteiger partial charge is 0.484 e. The van der Waals surface area contributed by atoms with E-state index in [0.717, 1.165) is 7.11 Å². The number of esters is 1. The van der Waals surface area contributed by atoms with Crippen LogP contribution in [0.25, 0.3) is 0 Å². The number of non-ortho nitro benzene ring substituents is 1. The third-order valence-corrected chi connectivity index (χ3v) is 2.29. The molecule has 0 saturated heterocycles. The maximum absolute atomic E-state index is 11.4. The van der Waals surface area contributed by atoms with Crippen LogP contribution in [0, 0.1) is 10.1 Å². The summed E-state index contributed by atoms with van der Waals surface area (Å²) in [4.78, 5) is 43.2. The third-order valence-electron chi connectivity index (χ3n) is 2.29. The minimum Gasteiger partial charge on any atom is -0.484 e. The van der Waals surface area contributed by atoms with Gasteiger partial charge in [-0.25, -0.2) is 0 Å². The number of nitro groups is 1. The van der Waals surface area contributed by atoms with Gasteiger partial charge in [0.2, 0.25) is 5.91 Å². The van der Waals surface area contributed by atoms with Crippen LogP contribution in [0.5, 0.6) is 5.75 Å². The van der Waals surface area contributed by atoms with E-state index in [1.165, 1.54) is 24.3 Å². The van der Waals surface area contributed by atoms with Crippen LogP contribution in [-0.4, -0.2) is 36.4 Å². The number of amides is 2. The molecule has 0 saturated carbocycles. The topological polar surface area (TPSA) is 137 Å². The lowest BCUT2D eigenvalue weighted by molar-refractivity contribution is -0.384. The van der Waals surface area contributed by atoms with Crippen molar-refractivity contribution >= 4 is 23.5 Å². The number of ether oxygens (including phenoxy) is 2. The minimum atomic E-state index is -0.742. The normalized spacial score (nSPS) is 9.50. The van der Waals surface area contributed by atoms with Gasteiger partial charge in [0.05, 0.1) is 12.0 Å². The summed E-state index contributed by atoms with van der Waals surface area (Å²) in [6, 6.07) is 5.12. The van der Waals surface area contributed by atoms with Gasteiger partial charge in [-0.3, -0.25) is 35.3 Å². The highest BCUT2D eigenvalue weighted by atomic mass is 16.6. The van der Waals surface area contributed by atoms with Crippen molar-refractivity contribution in [2.45, 2.75) is 6.42 Å². The van der Waals surface area contributed by atoms with E-state index < -0.39 is 35.7 Å². The van der Waals surface area contributed by atoms with Gasteiger partial charge in [-0.05, 0) is 12.1 Å². The van der Waals surface area contributed by atoms with Gasteiger partial charge in [-0.15, -0.1) is 0 Å². The monoisotopic (exact) mass is 311 g/mol. The number of carbonyl (C=O) groups excluding carboxylic acids is 3. The fourth-order valence-corrected chi connectivity index (χ4v) is 1.24. The van der Waals surface area contributed by atoms with Gasteiger partial charge in [-0.1, -0.05) is 0 Å². The van der Waals surface area contributed by atoms with Crippen LogP contribution >= 0.6 is 0 Å². The van der Waals surface area contributed by atoms with Crippen LogP contribution in [-0.2, 0) is 19.1 Å². The maximum atomic E-state index is 11.4. The Morgan fingerprint density at radius 1 is 1.14 bits per heavy atom. The highest BCUT2D eigenvalue weighted by molar-refractivity contribution is 5.95. The van der Waals surface area contributed by atoms with Gasteiger partial charge >= 0.3 is 5.97 Å². The summed E-state index contributed by atoms with van der Waals surface area (Å²) in [6.07, 6.45) is -0.528. The van der Waals surface area contributed by atoms with E-state index in [-0.39, 0.29) is 11.4 Å². The maximum Gasteiger partial charge on any atom is 0.315 e. The summed E-state index contributed by atoms with van der Waals surface area (Å²) in [6.45, 7) is -0.420. The van der Waals surface area contributed by atoms with E-state index in [1.807, 2.05) is 10.9 Å². The van der Waals surface area contributed by atoms with Gasteiger partial charge in [-0.2, -0.15) is 0 Å². The molecule has 2 amide bonds. The van der Waals surface area contributed by atoms with Gasteiger partial charge in [0.1, 0.15) is 12.2 Å². The number of hydrazine groups is 1. The van der Waals surface area contributed by atoms with Crippen molar-refractivity contribution in [1.29, 1.82) is 0 Å². The predicted molar refractivity (Wildman–Crippen MR) is 71.5 cm³/mol. The summed E-state index contributed by atoms with van der Waals surface area (Å²) in [5.74, 6) is -1.90. The van der Waals surface area contributed by atoms with E-state index in [9.17, 15) is 24.5 Å². The molecule has 118 valence electrons. The van der Waals surface area contributed by atoms with Gasteiger partial charge in [0.25, 0.3) is 11.6 Å². The molecule has 0 aromatic heterocycles. The van der Waals surface area contributed by atoms with Crippen LogP contribution in [0.3, 0.4) is 0 Å². The van der Waals surface area contributed by atoms with Crippen molar-refractivity contribution in [2.24, 2.45) is 0 Å².